The van der Waals surface area contributed by atoms with E-state index in [1.54, 1.807) is 24.3 Å². The van der Waals surface area contributed by atoms with Crippen LogP contribution in [0.1, 0.15) is 31.2 Å². The second-order valence-corrected chi connectivity index (χ2v) is 7.36. The van der Waals surface area contributed by atoms with Gasteiger partial charge in [0, 0.05) is 25.8 Å². The Labute approximate surface area is 185 Å². The number of Topliss-reactive ketones (excluding diaryl/α,β-unsaturated/α-hetero) is 2. The number of hydrogen-bond acceptors (Lipinski definition) is 6. The topological polar surface area (TPSA) is 107 Å². The normalized spacial score (nSPS) is 10.6. The molecule has 0 fully saturated rings. The van der Waals surface area contributed by atoms with E-state index < -0.39 is 6.09 Å². The van der Waals surface area contributed by atoms with Gasteiger partial charge in [0.05, 0.1) is 23.8 Å². The molecule has 0 spiro atoms. The third-order valence-electron chi connectivity index (χ3n) is 4.88. The van der Waals surface area contributed by atoms with E-state index >= 15 is 0 Å². The number of aromatic nitrogens is 2. The molecule has 1 heterocycles. The van der Waals surface area contributed by atoms with Gasteiger partial charge in [0.2, 0.25) is 0 Å². The Hall–Kier alpha value is -3.81. The molecule has 3 rings (SSSR count). The molecule has 0 saturated heterocycles. The summed E-state index contributed by atoms with van der Waals surface area (Å²) in [5.74, 6) is -0.276. The first kappa shape index (κ1) is 22.9. The van der Waals surface area contributed by atoms with E-state index in [4.69, 9.17) is 4.74 Å². The molecule has 2 aromatic carbocycles. The van der Waals surface area contributed by atoms with Gasteiger partial charge in [-0.25, -0.2) is 9.78 Å². The minimum absolute atomic E-state index is 0.0602. The highest BCUT2D eigenvalue weighted by Gasteiger charge is 2.11. The SMILES string of the molecule is O=C(CCCNC(=O)OCc1ccccc1)CCC(=O)Cn1cnc2ccccc2c1=O. The fourth-order valence-corrected chi connectivity index (χ4v) is 3.14. The van der Waals surface area contributed by atoms with Crippen LogP contribution >= 0.6 is 0 Å². The Morgan fingerprint density at radius 2 is 1.62 bits per heavy atom. The number of amides is 1. The number of para-hydroxylation sites is 1. The van der Waals surface area contributed by atoms with Crippen molar-refractivity contribution in [2.24, 2.45) is 0 Å². The lowest BCUT2D eigenvalue weighted by Crippen LogP contribution is -2.26. The highest BCUT2D eigenvalue weighted by molar-refractivity contribution is 5.86. The van der Waals surface area contributed by atoms with Gasteiger partial charge in [0.1, 0.15) is 12.4 Å². The molecule has 0 radical (unpaired) electrons. The Morgan fingerprint density at radius 3 is 2.44 bits per heavy atom. The zero-order valence-corrected chi connectivity index (χ0v) is 17.7. The van der Waals surface area contributed by atoms with Crippen molar-refractivity contribution in [1.29, 1.82) is 0 Å². The van der Waals surface area contributed by atoms with Gasteiger partial charge in [0.25, 0.3) is 5.56 Å². The van der Waals surface area contributed by atoms with E-state index in [-0.39, 0.29) is 49.5 Å². The maximum Gasteiger partial charge on any atom is 0.407 e. The minimum atomic E-state index is -0.536. The maximum atomic E-state index is 12.4. The van der Waals surface area contributed by atoms with E-state index in [1.165, 1.54) is 10.9 Å². The summed E-state index contributed by atoms with van der Waals surface area (Å²) in [5.41, 5.74) is 1.19. The molecule has 0 saturated carbocycles. The smallest absolute Gasteiger partial charge is 0.407 e. The van der Waals surface area contributed by atoms with Crippen molar-refractivity contribution in [3.63, 3.8) is 0 Å². The average Bonchev–Trinajstić information content (AvgIpc) is 2.82. The summed E-state index contributed by atoms with van der Waals surface area (Å²) in [6.07, 6.45) is 1.70. The molecule has 3 aromatic rings. The van der Waals surface area contributed by atoms with Crippen LogP contribution in [-0.4, -0.2) is 33.8 Å². The number of ether oxygens (including phenoxy) is 1. The molecule has 8 heteroatoms. The lowest BCUT2D eigenvalue weighted by Gasteiger charge is -2.07. The maximum absolute atomic E-state index is 12.4. The predicted octanol–water partition coefficient (Wildman–Crippen LogP) is 3.02. The van der Waals surface area contributed by atoms with E-state index in [2.05, 4.69) is 10.3 Å². The number of hydrogen-bond donors (Lipinski definition) is 1. The first-order valence-electron chi connectivity index (χ1n) is 10.4. The number of ketones is 2. The third kappa shape index (κ3) is 6.87. The molecule has 32 heavy (non-hydrogen) atoms. The van der Waals surface area contributed by atoms with Crippen LogP contribution < -0.4 is 10.9 Å². The molecule has 0 bridgehead atoms. The van der Waals surface area contributed by atoms with Crippen LogP contribution in [0.25, 0.3) is 10.9 Å². The highest BCUT2D eigenvalue weighted by Crippen LogP contribution is 2.06. The second kappa shape index (κ2) is 11.5. The number of nitrogens with zero attached hydrogens (tertiary/aromatic N) is 2. The van der Waals surface area contributed by atoms with Gasteiger partial charge in [-0.15, -0.1) is 0 Å². The lowest BCUT2D eigenvalue weighted by molar-refractivity contribution is -0.124. The summed E-state index contributed by atoms with van der Waals surface area (Å²) in [6.45, 7) is 0.383. The highest BCUT2D eigenvalue weighted by atomic mass is 16.5. The molecule has 8 nitrogen and oxygen atoms in total. The van der Waals surface area contributed by atoms with Crippen LogP contribution in [0, 0.1) is 0 Å². The first-order valence-corrected chi connectivity index (χ1v) is 10.4. The molecular weight excluding hydrogens is 410 g/mol. The van der Waals surface area contributed by atoms with E-state index in [1.807, 2.05) is 30.3 Å². The predicted molar refractivity (Wildman–Crippen MR) is 119 cm³/mol. The van der Waals surface area contributed by atoms with E-state index in [0.29, 0.717) is 23.9 Å². The zero-order valence-electron chi connectivity index (χ0n) is 17.7. The van der Waals surface area contributed by atoms with Crippen molar-refractivity contribution in [3.05, 3.63) is 76.8 Å². The number of rotatable bonds is 11. The summed E-state index contributed by atoms with van der Waals surface area (Å²) in [7, 11) is 0. The van der Waals surface area contributed by atoms with Crippen LogP contribution in [-0.2, 0) is 27.5 Å². The van der Waals surface area contributed by atoms with Crippen LogP contribution in [0.3, 0.4) is 0 Å². The Morgan fingerprint density at radius 1 is 0.906 bits per heavy atom. The van der Waals surface area contributed by atoms with Gasteiger partial charge in [0.15, 0.2) is 5.78 Å². The third-order valence-corrected chi connectivity index (χ3v) is 4.88. The largest absolute Gasteiger partial charge is 0.445 e. The lowest BCUT2D eigenvalue weighted by atomic mass is 10.1. The van der Waals surface area contributed by atoms with Crippen LogP contribution in [0.2, 0.25) is 0 Å². The molecule has 1 amide bonds. The molecule has 0 aliphatic carbocycles. The molecule has 166 valence electrons. The van der Waals surface area contributed by atoms with Gasteiger partial charge >= 0.3 is 6.09 Å². The van der Waals surface area contributed by atoms with Crippen LogP contribution in [0.5, 0.6) is 0 Å². The first-order chi connectivity index (χ1) is 15.5. The van der Waals surface area contributed by atoms with Gasteiger partial charge in [-0.05, 0) is 24.1 Å². The monoisotopic (exact) mass is 435 g/mol. The van der Waals surface area contributed by atoms with E-state index in [9.17, 15) is 19.2 Å². The quantitative estimate of drug-likeness (QED) is 0.464. The fourth-order valence-electron chi connectivity index (χ4n) is 3.14. The number of carbonyl (C=O) groups is 3. The Bertz CT molecular complexity index is 1140. The number of carbonyl (C=O) groups excluding carboxylic acids is 3. The second-order valence-electron chi connectivity index (χ2n) is 7.36. The average molecular weight is 435 g/mol. The molecule has 1 aromatic heterocycles. The summed E-state index contributed by atoms with van der Waals surface area (Å²) >= 11 is 0. The zero-order chi connectivity index (χ0) is 22.8. The van der Waals surface area contributed by atoms with Gasteiger partial charge < -0.3 is 10.1 Å². The summed E-state index contributed by atoms with van der Waals surface area (Å²) in [4.78, 5) is 52.5. The summed E-state index contributed by atoms with van der Waals surface area (Å²) in [5, 5.41) is 3.05. The molecule has 0 atom stereocenters. The molecule has 0 aliphatic heterocycles. The molecular formula is C24H25N3O5. The summed E-state index contributed by atoms with van der Waals surface area (Å²) < 4.78 is 6.36. The minimum Gasteiger partial charge on any atom is -0.445 e. The van der Waals surface area contributed by atoms with Crippen molar-refractivity contribution in [2.45, 2.75) is 38.8 Å². The number of fused-ring (bicyclic) bond motifs is 1. The van der Waals surface area contributed by atoms with Crippen molar-refractivity contribution in [1.82, 2.24) is 14.9 Å². The Balaban J connectivity index is 1.32. The van der Waals surface area contributed by atoms with Crippen molar-refractivity contribution in [2.75, 3.05) is 6.54 Å². The fraction of sp³-hybridized carbons (Fsp3) is 0.292. The van der Waals surface area contributed by atoms with Gasteiger partial charge in [-0.1, -0.05) is 42.5 Å². The van der Waals surface area contributed by atoms with Gasteiger partial charge in [-0.2, -0.15) is 0 Å². The molecule has 0 aliphatic rings. The van der Waals surface area contributed by atoms with Crippen molar-refractivity contribution < 1.29 is 19.1 Å². The van der Waals surface area contributed by atoms with Crippen LogP contribution in [0.4, 0.5) is 4.79 Å². The van der Waals surface area contributed by atoms with E-state index in [0.717, 1.165) is 5.56 Å². The number of benzene rings is 2. The number of alkyl carbamates (subject to hydrolysis) is 1. The Kier molecular flexibility index (Phi) is 8.25. The number of nitrogens with one attached hydrogen (secondary N) is 1. The molecule has 1 N–H and O–H groups in total. The van der Waals surface area contributed by atoms with Crippen LogP contribution in [0.15, 0.2) is 65.7 Å². The van der Waals surface area contributed by atoms with Gasteiger partial charge in [-0.3, -0.25) is 19.0 Å². The summed E-state index contributed by atoms with van der Waals surface area (Å²) in [6, 6.07) is 16.3. The standard InChI is InChI=1S/C24H25N3O5/c28-19(9-6-14-25-24(31)32-16-18-7-2-1-3-8-18)12-13-20(29)15-27-17-26-22-11-5-4-10-21(22)23(27)30/h1-5,7-8,10-11,17H,6,9,12-16H2,(H,25,31). The van der Waals surface area contributed by atoms with Crippen molar-refractivity contribution >= 4 is 28.6 Å². The van der Waals surface area contributed by atoms with Crippen molar-refractivity contribution in [3.8, 4) is 0 Å². The molecule has 0 unspecified atom stereocenters.